The number of nitrogens with one attached hydrogen (secondary N) is 2. The molecule has 0 aliphatic heterocycles. The summed E-state index contributed by atoms with van der Waals surface area (Å²) in [5, 5.41) is 15.9. The molecule has 0 saturated heterocycles. The van der Waals surface area contributed by atoms with E-state index in [4.69, 9.17) is 8.83 Å². The summed E-state index contributed by atoms with van der Waals surface area (Å²) < 4.78 is 11.7. The van der Waals surface area contributed by atoms with E-state index in [1.807, 2.05) is 13.0 Å². The Labute approximate surface area is 232 Å². The van der Waals surface area contributed by atoms with Crippen molar-refractivity contribution in [3.63, 3.8) is 0 Å². The molecule has 0 aliphatic carbocycles. The van der Waals surface area contributed by atoms with E-state index in [-0.39, 0.29) is 17.0 Å². The van der Waals surface area contributed by atoms with E-state index >= 15 is 0 Å². The molecule has 0 aliphatic rings. The summed E-state index contributed by atoms with van der Waals surface area (Å²) in [6.45, 7) is 17.6. The fraction of sp³-hybridized carbons (Fsp3) is 0.483. The number of hydrogen-bond acceptors (Lipinski definition) is 9. The summed E-state index contributed by atoms with van der Waals surface area (Å²) in [6.07, 6.45) is 0. The lowest BCUT2D eigenvalue weighted by atomic mass is 10.0. The second-order valence-corrected chi connectivity index (χ2v) is 9.77. The molecule has 4 aromatic rings. The normalized spacial score (nSPS) is 11.8. The van der Waals surface area contributed by atoms with Crippen molar-refractivity contribution in [2.24, 2.45) is 0 Å². The van der Waals surface area contributed by atoms with E-state index in [9.17, 15) is 14.4 Å². The Morgan fingerprint density at radius 2 is 1.27 bits per heavy atom. The van der Waals surface area contributed by atoms with Crippen molar-refractivity contribution in [1.29, 1.82) is 0 Å². The van der Waals surface area contributed by atoms with Crippen LogP contribution in [-0.4, -0.2) is 84.2 Å². The lowest BCUT2D eigenvalue weighted by Crippen LogP contribution is -2.36. The topological polar surface area (TPSA) is 134 Å². The number of aromatic nitrogens is 2. The molecule has 1 aromatic carbocycles. The van der Waals surface area contributed by atoms with Gasteiger partial charge in [0.1, 0.15) is 11.2 Å². The molecule has 0 unspecified atom stereocenters. The summed E-state index contributed by atoms with van der Waals surface area (Å²) in [7, 11) is 0. The van der Waals surface area contributed by atoms with Crippen molar-refractivity contribution >= 4 is 44.7 Å². The molecule has 11 heteroatoms. The Kier molecular flexibility index (Phi) is 9.16. The summed E-state index contributed by atoms with van der Waals surface area (Å²) in [5.74, 6) is -0.850. The molecule has 214 valence electrons. The molecule has 0 bridgehead atoms. The van der Waals surface area contributed by atoms with Gasteiger partial charge in [0.15, 0.2) is 17.0 Å². The van der Waals surface area contributed by atoms with Gasteiger partial charge in [-0.25, -0.2) is 4.79 Å². The third kappa shape index (κ3) is 5.71. The number of rotatable bonds is 12. The first-order valence-corrected chi connectivity index (χ1v) is 13.9. The highest BCUT2D eigenvalue weighted by Gasteiger charge is 2.27. The molecular weight excluding hydrogens is 512 g/mol. The second kappa shape index (κ2) is 12.6. The van der Waals surface area contributed by atoms with Gasteiger partial charge in [-0.15, -0.1) is 10.2 Å². The number of nitrogens with zero attached hydrogens (tertiary/aromatic N) is 4. The highest BCUT2D eigenvalue weighted by Crippen LogP contribution is 2.37. The fourth-order valence-electron chi connectivity index (χ4n) is 4.99. The summed E-state index contributed by atoms with van der Waals surface area (Å²) in [6, 6.07) is 3.24. The molecule has 3 heterocycles. The van der Waals surface area contributed by atoms with Crippen LogP contribution in [0.4, 0.5) is 0 Å². The predicted molar refractivity (Wildman–Crippen MR) is 155 cm³/mol. The maximum Gasteiger partial charge on any atom is 0.336 e. The van der Waals surface area contributed by atoms with Crippen LogP contribution < -0.4 is 16.3 Å². The Morgan fingerprint density at radius 3 is 1.85 bits per heavy atom. The monoisotopic (exact) mass is 550 g/mol. The van der Waals surface area contributed by atoms with Crippen LogP contribution in [0.25, 0.3) is 32.9 Å². The van der Waals surface area contributed by atoms with Crippen molar-refractivity contribution in [3.05, 3.63) is 45.1 Å². The number of carbonyl (C=O) groups is 2. The molecule has 2 amide bonds. The van der Waals surface area contributed by atoms with Crippen LogP contribution in [0, 0.1) is 13.8 Å². The van der Waals surface area contributed by atoms with Crippen molar-refractivity contribution in [2.45, 2.75) is 41.5 Å². The first-order valence-electron chi connectivity index (χ1n) is 13.9. The van der Waals surface area contributed by atoms with Gasteiger partial charge in [-0.05, 0) is 51.7 Å². The van der Waals surface area contributed by atoms with Gasteiger partial charge in [0, 0.05) is 48.6 Å². The number of benzene rings is 1. The molecule has 0 spiro atoms. The van der Waals surface area contributed by atoms with Crippen LogP contribution >= 0.6 is 0 Å². The van der Waals surface area contributed by atoms with Crippen molar-refractivity contribution in [1.82, 2.24) is 30.6 Å². The van der Waals surface area contributed by atoms with Crippen molar-refractivity contribution < 1.29 is 18.4 Å². The smallest absolute Gasteiger partial charge is 0.336 e. The van der Waals surface area contributed by atoms with E-state index in [0.29, 0.717) is 59.1 Å². The van der Waals surface area contributed by atoms with Crippen LogP contribution in [0.1, 0.15) is 59.8 Å². The standard InChI is InChI=1S/C29H38N6O5/c1-7-34(8-2)13-11-30-28(37)23-22-20-16-19-17(5)15-21(36)39-25(19)18(6)26(20)40-27(22)24(33-32-23)29(38)31-12-14-35(9-3)10-4/h15-16H,7-14H2,1-6H3,(H,30,37)(H,31,38). The first kappa shape index (κ1) is 29.2. The largest absolute Gasteiger partial charge is 0.453 e. The quantitative estimate of drug-likeness (QED) is 0.255. The number of aryl methyl sites for hydroxylation is 2. The molecular formula is C29H38N6O5. The molecule has 11 nitrogen and oxygen atoms in total. The van der Waals surface area contributed by atoms with Gasteiger partial charge in [-0.2, -0.15) is 0 Å². The third-order valence-corrected chi connectivity index (χ3v) is 7.47. The van der Waals surface area contributed by atoms with Crippen molar-refractivity contribution in [3.8, 4) is 0 Å². The highest BCUT2D eigenvalue weighted by molar-refractivity contribution is 6.21. The lowest BCUT2D eigenvalue weighted by Gasteiger charge is -2.18. The molecule has 0 saturated carbocycles. The summed E-state index contributed by atoms with van der Waals surface area (Å²) >= 11 is 0. The van der Waals surface area contributed by atoms with E-state index in [1.165, 1.54) is 6.07 Å². The average molecular weight is 551 g/mol. The number of carbonyl (C=O) groups excluding carboxylic acids is 2. The Morgan fingerprint density at radius 1 is 0.750 bits per heavy atom. The van der Waals surface area contributed by atoms with Crippen LogP contribution in [0.15, 0.2) is 25.8 Å². The van der Waals surface area contributed by atoms with Crippen LogP contribution in [-0.2, 0) is 0 Å². The van der Waals surface area contributed by atoms with Crippen LogP contribution in [0.2, 0.25) is 0 Å². The lowest BCUT2D eigenvalue weighted by molar-refractivity contribution is 0.0929. The molecule has 0 fully saturated rings. The fourth-order valence-corrected chi connectivity index (χ4v) is 4.99. The van der Waals surface area contributed by atoms with E-state index in [1.54, 1.807) is 6.92 Å². The number of hydrogen-bond donors (Lipinski definition) is 2. The average Bonchev–Trinajstić information content (AvgIpc) is 3.33. The number of likely N-dealkylation sites (N-methyl/N-ethyl adjacent to an activating group) is 2. The predicted octanol–water partition coefficient (Wildman–Crippen LogP) is 3.24. The zero-order chi connectivity index (χ0) is 29.0. The minimum Gasteiger partial charge on any atom is -0.453 e. The highest BCUT2D eigenvalue weighted by atomic mass is 16.4. The molecule has 0 atom stereocenters. The number of furan rings is 1. The summed E-state index contributed by atoms with van der Waals surface area (Å²) in [5.41, 5.74) is 1.88. The van der Waals surface area contributed by atoms with E-state index in [0.717, 1.165) is 31.7 Å². The van der Waals surface area contributed by atoms with Gasteiger partial charge >= 0.3 is 5.63 Å². The zero-order valence-corrected chi connectivity index (χ0v) is 24.1. The molecule has 2 N–H and O–H groups in total. The van der Waals surface area contributed by atoms with Crippen LogP contribution in [0.3, 0.4) is 0 Å². The maximum atomic E-state index is 13.4. The third-order valence-electron chi connectivity index (χ3n) is 7.47. The Balaban J connectivity index is 1.83. The van der Waals surface area contributed by atoms with Gasteiger partial charge < -0.3 is 29.3 Å². The minimum absolute atomic E-state index is 0.00734. The van der Waals surface area contributed by atoms with Crippen LogP contribution in [0.5, 0.6) is 0 Å². The zero-order valence-electron chi connectivity index (χ0n) is 24.1. The molecule has 40 heavy (non-hydrogen) atoms. The van der Waals surface area contributed by atoms with Gasteiger partial charge in [-0.3, -0.25) is 9.59 Å². The maximum absolute atomic E-state index is 13.4. The SMILES string of the molecule is CCN(CC)CCNC(=O)c1nnc(C(=O)NCCN(CC)CC)c2c1oc1c(C)c3oc(=O)cc(C)c3cc12. The molecule has 3 aromatic heterocycles. The van der Waals surface area contributed by atoms with Gasteiger partial charge in [0.25, 0.3) is 11.8 Å². The second-order valence-electron chi connectivity index (χ2n) is 9.77. The van der Waals surface area contributed by atoms with E-state index in [2.05, 4.69) is 58.3 Å². The number of amides is 2. The Bertz CT molecular complexity index is 1600. The van der Waals surface area contributed by atoms with Gasteiger partial charge in [0.05, 0.1) is 5.39 Å². The Hall–Kier alpha value is -3.83. The summed E-state index contributed by atoms with van der Waals surface area (Å²) in [4.78, 5) is 43.1. The van der Waals surface area contributed by atoms with Gasteiger partial charge in [0.2, 0.25) is 0 Å². The minimum atomic E-state index is -0.464. The van der Waals surface area contributed by atoms with Gasteiger partial charge in [-0.1, -0.05) is 27.7 Å². The van der Waals surface area contributed by atoms with E-state index < -0.39 is 17.4 Å². The first-order chi connectivity index (χ1) is 19.2. The van der Waals surface area contributed by atoms with Crippen molar-refractivity contribution in [2.75, 3.05) is 52.4 Å². The molecule has 4 rings (SSSR count). The number of fused-ring (bicyclic) bond motifs is 4. The molecule has 0 radical (unpaired) electrons.